The van der Waals surface area contributed by atoms with Gasteiger partial charge >= 0.3 is 5.69 Å². The third-order valence-corrected chi connectivity index (χ3v) is 5.97. The quantitative estimate of drug-likeness (QED) is 0.444. The summed E-state index contributed by atoms with van der Waals surface area (Å²) in [6.07, 6.45) is 1.52. The summed E-state index contributed by atoms with van der Waals surface area (Å²) >= 11 is 1.25. The molecule has 5 aromatic rings. The maximum atomic E-state index is 13.2. The molecule has 0 fully saturated rings. The van der Waals surface area contributed by atoms with Crippen LogP contribution in [0.4, 0.5) is 5.69 Å². The van der Waals surface area contributed by atoms with E-state index >= 15 is 0 Å². The van der Waals surface area contributed by atoms with E-state index in [9.17, 15) is 14.4 Å². The van der Waals surface area contributed by atoms with Crippen molar-refractivity contribution in [3.05, 3.63) is 85.8 Å². The zero-order chi connectivity index (χ0) is 22.4. The van der Waals surface area contributed by atoms with Crippen LogP contribution in [-0.4, -0.2) is 24.7 Å². The van der Waals surface area contributed by atoms with Gasteiger partial charge in [0.25, 0.3) is 5.56 Å². The second kappa shape index (κ2) is 7.65. The van der Waals surface area contributed by atoms with E-state index in [0.29, 0.717) is 21.7 Å². The number of thiophene rings is 1. The van der Waals surface area contributed by atoms with E-state index in [1.165, 1.54) is 26.6 Å². The number of nitrogens with zero attached hydrogens (tertiary/aromatic N) is 4. The largest absolute Gasteiger partial charge is 0.467 e. The summed E-state index contributed by atoms with van der Waals surface area (Å²) in [7, 11) is 0. The van der Waals surface area contributed by atoms with E-state index in [0.717, 1.165) is 15.8 Å². The highest BCUT2D eigenvalue weighted by molar-refractivity contribution is 7.17. The fourth-order valence-electron chi connectivity index (χ4n) is 3.82. The Bertz CT molecular complexity index is 1570. The number of carbonyl (C=O) groups is 1. The summed E-state index contributed by atoms with van der Waals surface area (Å²) in [5.41, 5.74) is 2.40. The van der Waals surface area contributed by atoms with Gasteiger partial charge < -0.3 is 9.73 Å². The van der Waals surface area contributed by atoms with Crippen molar-refractivity contribution in [3.8, 4) is 0 Å². The zero-order valence-electron chi connectivity index (χ0n) is 17.4. The van der Waals surface area contributed by atoms with Gasteiger partial charge in [0.05, 0.1) is 18.3 Å². The number of furan rings is 1. The van der Waals surface area contributed by atoms with Crippen LogP contribution in [0.2, 0.25) is 0 Å². The summed E-state index contributed by atoms with van der Waals surface area (Å²) in [6, 6.07) is 10.9. The Morgan fingerprint density at radius 3 is 2.66 bits per heavy atom. The second-order valence-corrected chi connectivity index (χ2v) is 8.52. The number of nitrogens with one attached hydrogen (secondary N) is 1. The van der Waals surface area contributed by atoms with Gasteiger partial charge in [-0.1, -0.05) is 6.07 Å². The van der Waals surface area contributed by atoms with Crippen molar-refractivity contribution in [2.45, 2.75) is 26.9 Å². The first-order chi connectivity index (χ1) is 15.4. The van der Waals surface area contributed by atoms with Gasteiger partial charge in [-0.25, -0.2) is 13.9 Å². The third-order valence-electron chi connectivity index (χ3n) is 5.08. The molecule has 1 N–H and O–H groups in total. The van der Waals surface area contributed by atoms with Crippen LogP contribution >= 0.6 is 11.3 Å². The van der Waals surface area contributed by atoms with Gasteiger partial charge in [0.15, 0.2) is 0 Å². The average molecular weight is 449 g/mol. The molecule has 32 heavy (non-hydrogen) atoms. The van der Waals surface area contributed by atoms with Crippen LogP contribution in [-0.2, 0) is 17.9 Å². The molecule has 5 rings (SSSR count). The summed E-state index contributed by atoms with van der Waals surface area (Å²) in [5, 5.41) is 8.89. The van der Waals surface area contributed by atoms with Crippen LogP contribution in [0.25, 0.3) is 16.0 Å². The number of benzene rings is 1. The summed E-state index contributed by atoms with van der Waals surface area (Å²) < 4.78 is 9.63. The van der Waals surface area contributed by atoms with Gasteiger partial charge in [-0.3, -0.25) is 14.2 Å². The molecule has 162 valence electrons. The Kier molecular flexibility index (Phi) is 4.78. The van der Waals surface area contributed by atoms with E-state index in [2.05, 4.69) is 10.4 Å². The van der Waals surface area contributed by atoms with Crippen LogP contribution in [0.1, 0.15) is 16.9 Å². The summed E-state index contributed by atoms with van der Waals surface area (Å²) in [6.45, 7) is 3.72. The Hall–Kier alpha value is -3.92. The molecule has 4 aromatic heterocycles. The molecule has 0 atom stereocenters. The molecule has 9 nitrogen and oxygen atoms in total. The van der Waals surface area contributed by atoms with E-state index in [-0.39, 0.29) is 30.3 Å². The first-order valence-corrected chi connectivity index (χ1v) is 10.8. The molecule has 0 aliphatic heterocycles. The predicted octanol–water partition coefficient (Wildman–Crippen LogP) is 2.77. The van der Waals surface area contributed by atoms with E-state index in [4.69, 9.17) is 4.42 Å². The van der Waals surface area contributed by atoms with Gasteiger partial charge in [-0.05, 0) is 60.7 Å². The first-order valence-electron chi connectivity index (χ1n) is 9.91. The zero-order valence-corrected chi connectivity index (χ0v) is 18.2. The summed E-state index contributed by atoms with van der Waals surface area (Å²) in [4.78, 5) is 38.9. The highest BCUT2D eigenvalue weighted by Gasteiger charge is 2.20. The number of aromatic nitrogens is 4. The third kappa shape index (κ3) is 3.44. The number of hydrogen-bond donors (Lipinski definition) is 1. The number of hydrogen-bond acceptors (Lipinski definition) is 6. The average Bonchev–Trinajstić information content (AvgIpc) is 3.46. The van der Waals surface area contributed by atoms with E-state index < -0.39 is 5.69 Å². The maximum absolute atomic E-state index is 13.2. The lowest BCUT2D eigenvalue weighted by Gasteiger charge is -2.07. The fraction of sp³-hybridized carbons (Fsp3) is 0.182. The van der Waals surface area contributed by atoms with Gasteiger partial charge in [0, 0.05) is 5.69 Å². The Morgan fingerprint density at radius 1 is 1.16 bits per heavy atom. The molecule has 1 amide bonds. The molecule has 0 spiro atoms. The number of rotatable bonds is 5. The molecule has 0 bridgehead atoms. The van der Waals surface area contributed by atoms with E-state index in [1.54, 1.807) is 23.6 Å². The molecule has 0 saturated carbocycles. The number of fused-ring (bicyclic) bond motifs is 3. The standard InChI is InChI=1S/C22H19N5O4S/c1-13-8-14(2)10-15(9-13)23-18(28)12-26-22(30)27-17-5-7-32-19(17)20(29)25(21(27)24-26)11-16-4-3-6-31-16/h3-10H,11-12H2,1-2H3,(H,23,28). The highest BCUT2D eigenvalue weighted by Crippen LogP contribution is 2.18. The van der Waals surface area contributed by atoms with Crippen LogP contribution in [0.3, 0.4) is 0 Å². The molecule has 4 heterocycles. The van der Waals surface area contributed by atoms with Gasteiger partial charge in [-0.15, -0.1) is 16.4 Å². The Morgan fingerprint density at radius 2 is 1.94 bits per heavy atom. The Balaban J connectivity index is 1.57. The minimum absolute atomic E-state index is 0.119. The number of carbonyl (C=O) groups excluding carboxylic acids is 1. The normalized spacial score (nSPS) is 11.4. The Labute approximate surface area is 185 Å². The first kappa shape index (κ1) is 20.0. The number of anilines is 1. The molecule has 0 aliphatic rings. The van der Waals surface area contributed by atoms with Crippen molar-refractivity contribution in [1.82, 2.24) is 18.7 Å². The van der Waals surface area contributed by atoms with Crippen LogP contribution in [0, 0.1) is 13.8 Å². The van der Waals surface area contributed by atoms with Gasteiger partial charge in [0.1, 0.15) is 17.0 Å². The minimum atomic E-state index is -0.493. The molecule has 0 aliphatic carbocycles. The van der Waals surface area contributed by atoms with Crippen molar-refractivity contribution in [1.29, 1.82) is 0 Å². The highest BCUT2D eigenvalue weighted by atomic mass is 32.1. The van der Waals surface area contributed by atoms with Crippen molar-refractivity contribution < 1.29 is 9.21 Å². The van der Waals surface area contributed by atoms with Crippen molar-refractivity contribution in [2.75, 3.05) is 5.32 Å². The monoisotopic (exact) mass is 449 g/mol. The molecule has 0 radical (unpaired) electrons. The predicted molar refractivity (Wildman–Crippen MR) is 121 cm³/mol. The molecule has 10 heteroatoms. The maximum Gasteiger partial charge on any atom is 0.352 e. The van der Waals surface area contributed by atoms with Crippen LogP contribution in [0.5, 0.6) is 0 Å². The SMILES string of the molecule is Cc1cc(C)cc(NC(=O)Cn2nc3n(Cc4ccco4)c(=O)c4sccc4n3c2=O)c1. The van der Waals surface area contributed by atoms with Crippen molar-refractivity contribution >= 4 is 38.9 Å². The number of aryl methyl sites for hydroxylation is 2. The topological polar surface area (TPSA) is 104 Å². The van der Waals surface area contributed by atoms with Gasteiger partial charge in [0.2, 0.25) is 11.7 Å². The number of amides is 1. The summed E-state index contributed by atoms with van der Waals surface area (Å²) in [5.74, 6) is 0.322. The fourth-order valence-corrected chi connectivity index (χ4v) is 4.65. The molecular formula is C22H19N5O4S. The van der Waals surface area contributed by atoms with Crippen LogP contribution in [0.15, 0.2) is 62.0 Å². The van der Waals surface area contributed by atoms with Crippen molar-refractivity contribution in [3.63, 3.8) is 0 Å². The lowest BCUT2D eigenvalue weighted by Crippen LogP contribution is -2.29. The van der Waals surface area contributed by atoms with Crippen LogP contribution < -0.4 is 16.6 Å². The molecule has 1 aromatic carbocycles. The minimum Gasteiger partial charge on any atom is -0.467 e. The van der Waals surface area contributed by atoms with Crippen molar-refractivity contribution in [2.24, 2.45) is 0 Å². The molecule has 0 saturated heterocycles. The lowest BCUT2D eigenvalue weighted by molar-refractivity contribution is -0.117. The molecule has 0 unspecified atom stereocenters. The lowest BCUT2D eigenvalue weighted by atomic mass is 10.1. The van der Waals surface area contributed by atoms with Gasteiger partial charge in [-0.2, -0.15) is 0 Å². The smallest absolute Gasteiger partial charge is 0.352 e. The van der Waals surface area contributed by atoms with E-state index in [1.807, 2.05) is 32.0 Å². The second-order valence-electron chi connectivity index (χ2n) is 7.61. The molecular weight excluding hydrogens is 430 g/mol.